The van der Waals surface area contributed by atoms with Gasteiger partial charge in [0.2, 0.25) is 0 Å². The van der Waals surface area contributed by atoms with Crippen LogP contribution in [0.4, 0.5) is 0 Å². The number of ether oxygens (including phenoxy) is 1. The first kappa shape index (κ1) is 9.02. The number of halogens is 1. The van der Waals surface area contributed by atoms with Gasteiger partial charge in [0.15, 0.2) is 0 Å². The second-order valence-electron chi connectivity index (χ2n) is 2.56. The van der Waals surface area contributed by atoms with E-state index in [9.17, 15) is 0 Å². The summed E-state index contributed by atoms with van der Waals surface area (Å²) in [7, 11) is 1.46. The zero-order chi connectivity index (χ0) is 9.97. The highest BCUT2D eigenvalue weighted by atomic mass is 35.5. The molecule has 0 saturated carbocycles. The molecule has 2 rings (SSSR count). The van der Waals surface area contributed by atoms with E-state index in [0.29, 0.717) is 16.5 Å². The maximum Gasteiger partial charge on any atom is 0.414 e. The van der Waals surface area contributed by atoms with E-state index in [2.05, 4.69) is 10.2 Å². The summed E-state index contributed by atoms with van der Waals surface area (Å²) in [5.74, 6) is 0.354. The summed E-state index contributed by atoms with van der Waals surface area (Å²) in [6, 6.07) is 7.24. The average molecular weight is 211 g/mol. The molecule has 0 atom stereocenters. The van der Waals surface area contributed by atoms with E-state index in [0.717, 1.165) is 0 Å². The highest BCUT2D eigenvalue weighted by Crippen LogP contribution is 2.27. The Balaban J connectivity index is 2.44. The molecule has 1 aromatic carbocycles. The van der Waals surface area contributed by atoms with Gasteiger partial charge in [-0.25, -0.2) is 0 Å². The van der Waals surface area contributed by atoms with Gasteiger partial charge in [-0.05, 0) is 12.1 Å². The Labute approximate surface area is 85.5 Å². The van der Waals surface area contributed by atoms with Crippen LogP contribution in [0.2, 0.25) is 5.02 Å². The normalized spacial score (nSPS) is 10.1. The highest BCUT2D eigenvalue weighted by Gasteiger charge is 2.10. The average Bonchev–Trinajstić information content (AvgIpc) is 2.67. The lowest BCUT2D eigenvalue weighted by Crippen LogP contribution is -1.79. The summed E-state index contributed by atoms with van der Waals surface area (Å²) < 4.78 is 9.94. The molecule has 0 spiro atoms. The maximum atomic E-state index is 5.94. The van der Waals surface area contributed by atoms with Crippen molar-refractivity contribution in [3.05, 3.63) is 29.3 Å². The van der Waals surface area contributed by atoms with Crippen LogP contribution >= 0.6 is 11.6 Å². The summed E-state index contributed by atoms with van der Waals surface area (Å²) in [6.07, 6.45) is 0.125. The highest BCUT2D eigenvalue weighted by molar-refractivity contribution is 6.33. The lowest BCUT2D eigenvalue weighted by Gasteiger charge is -1.96. The fraction of sp³-hybridized carbons (Fsp3) is 0.111. The molecule has 2 aromatic rings. The van der Waals surface area contributed by atoms with Gasteiger partial charge >= 0.3 is 6.08 Å². The second kappa shape index (κ2) is 3.67. The molecular weight excluding hydrogens is 204 g/mol. The molecule has 0 unspecified atom stereocenters. The Morgan fingerprint density at radius 2 is 2.07 bits per heavy atom. The molecule has 72 valence electrons. The number of nitrogens with zero attached hydrogens (tertiary/aromatic N) is 2. The first-order valence-electron chi connectivity index (χ1n) is 3.93. The van der Waals surface area contributed by atoms with E-state index in [-0.39, 0.29) is 6.08 Å². The Morgan fingerprint density at radius 1 is 1.29 bits per heavy atom. The molecule has 0 aliphatic carbocycles. The van der Waals surface area contributed by atoms with E-state index in [4.69, 9.17) is 20.8 Å². The quantitative estimate of drug-likeness (QED) is 0.764. The van der Waals surface area contributed by atoms with Crippen molar-refractivity contribution >= 4 is 11.6 Å². The minimum atomic E-state index is 0.125. The van der Waals surface area contributed by atoms with Crippen molar-refractivity contribution in [1.29, 1.82) is 0 Å². The third-order valence-corrected chi connectivity index (χ3v) is 2.01. The summed E-state index contributed by atoms with van der Waals surface area (Å²) in [4.78, 5) is 0. The summed E-state index contributed by atoms with van der Waals surface area (Å²) >= 11 is 5.94. The predicted molar refractivity (Wildman–Crippen MR) is 51.3 cm³/mol. The summed E-state index contributed by atoms with van der Waals surface area (Å²) in [6.45, 7) is 0. The molecule has 0 aliphatic rings. The Morgan fingerprint density at radius 3 is 2.71 bits per heavy atom. The van der Waals surface area contributed by atoms with Gasteiger partial charge in [-0.1, -0.05) is 28.8 Å². The van der Waals surface area contributed by atoms with Crippen LogP contribution in [0.25, 0.3) is 11.5 Å². The van der Waals surface area contributed by atoms with Crippen molar-refractivity contribution in [1.82, 2.24) is 10.2 Å². The zero-order valence-electron chi connectivity index (χ0n) is 7.40. The minimum Gasteiger partial charge on any atom is -0.452 e. The fourth-order valence-corrected chi connectivity index (χ4v) is 1.25. The minimum absolute atomic E-state index is 0.125. The lowest BCUT2D eigenvalue weighted by atomic mass is 10.2. The summed E-state index contributed by atoms with van der Waals surface area (Å²) in [5, 5.41) is 8.01. The maximum absolute atomic E-state index is 5.94. The number of hydrogen-bond acceptors (Lipinski definition) is 4. The van der Waals surface area contributed by atoms with Crippen LogP contribution in [0.3, 0.4) is 0 Å². The third kappa shape index (κ3) is 1.56. The molecule has 4 nitrogen and oxygen atoms in total. The van der Waals surface area contributed by atoms with E-state index in [1.807, 2.05) is 12.1 Å². The van der Waals surface area contributed by atoms with Crippen molar-refractivity contribution in [3.63, 3.8) is 0 Å². The zero-order valence-corrected chi connectivity index (χ0v) is 8.15. The fourth-order valence-electron chi connectivity index (χ4n) is 1.04. The van der Waals surface area contributed by atoms with Crippen molar-refractivity contribution < 1.29 is 9.15 Å². The van der Waals surface area contributed by atoms with Gasteiger partial charge in [0.1, 0.15) is 0 Å². The van der Waals surface area contributed by atoms with Gasteiger partial charge in [-0.2, -0.15) is 0 Å². The molecular formula is C9H7ClN2O2. The second-order valence-corrected chi connectivity index (χ2v) is 2.96. The van der Waals surface area contributed by atoms with E-state index in [1.165, 1.54) is 7.11 Å². The van der Waals surface area contributed by atoms with E-state index in [1.54, 1.807) is 12.1 Å². The van der Waals surface area contributed by atoms with Crippen molar-refractivity contribution in [2.24, 2.45) is 0 Å². The largest absolute Gasteiger partial charge is 0.452 e. The molecule has 5 heteroatoms. The standard InChI is InChI=1S/C9H7ClN2O2/c1-13-9-12-11-8(14-9)6-4-2-3-5-7(6)10/h2-5H,1H3. The number of rotatable bonds is 2. The molecule has 0 aliphatic heterocycles. The number of aromatic nitrogens is 2. The smallest absolute Gasteiger partial charge is 0.414 e. The van der Waals surface area contributed by atoms with Gasteiger partial charge in [0, 0.05) is 0 Å². The lowest BCUT2D eigenvalue weighted by molar-refractivity contribution is 0.293. The topological polar surface area (TPSA) is 48.2 Å². The Bertz CT molecular complexity index is 442. The predicted octanol–water partition coefficient (Wildman–Crippen LogP) is 2.40. The monoisotopic (exact) mass is 210 g/mol. The molecule has 0 radical (unpaired) electrons. The van der Waals surface area contributed by atoms with Crippen LogP contribution < -0.4 is 4.74 Å². The SMILES string of the molecule is COc1nnc(-c2ccccc2Cl)o1. The van der Waals surface area contributed by atoms with Crippen LogP contribution in [-0.4, -0.2) is 17.3 Å². The molecule has 0 fully saturated rings. The van der Waals surface area contributed by atoms with E-state index < -0.39 is 0 Å². The molecule has 1 aromatic heterocycles. The van der Waals surface area contributed by atoms with Crippen LogP contribution in [0.1, 0.15) is 0 Å². The van der Waals surface area contributed by atoms with Gasteiger partial charge < -0.3 is 9.15 Å². The number of benzene rings is 1. The van der Waals surface area contributed by atoms with Crippen LogP contribution in [0, 0.1) is 0 Å². The molecule has 1 heterocycles. The Kier molecular flexibility index (Phi) is 2.37. The van der Waals surface area contributed by atoms with Crippen LogP contribution in [0.15, 0.2) is 28.7 Å². The van der Waals surface area contributed by atoms with Crippen molar-refractivity contribution in [3.8, 4) is 17.5 Å². The third-order valence-electron chi connectivity index (χ3n) is 1.69. The van der Waals surface area contributed by atoms with Gasteiger partial charge in [0.05, 0.1) is 17.7 Å². The van der Waals surface area contributed by atoms with Gasteiger partial charge in [-0.3, -0.25) is 0 Å². The Hall–Kier alpha value is -1.55. The summed E-state index contributed by atoms with van der Waals surface area (Å²) in [5.41, 5.74) is 0.699. The van der Waals surface area contributed by atoms with Crippen molar-refractivity contribution in [2.45, 2.75) is 0 Å². The molecule has 0 bridgehead atoms. The molecule has 0 saturated heterocycles. The van der Waals surface area contributed by atoms with Gasteiger partial charge in [-0.15, -0.1) is 5.10 Å². The molecule has 14 heavy (non-hydrogen) atoms. The molecule has 0 N–H and O–H groups in total. The van der Waals surface area contributed by atoms with Crippen molar-refractivity contribution in [2.75, 3.05) is 7.11 Å². The van der Waals surface area contributed by atoms with Crippen LogP contribution in [-0.2, 0) is 0 Å². The van der Waals surface area contributed by atoms with Crippen LogP contribution in [0.5, 0.6) is 6.08 Å². The molecule has 0 amide bonds. The number of methoxy groups -OCH3 is 1. The number of hydrogen-bond donors (Lipinski definition) is 0. The van der Waals surface area contributed by atoms with Gasteiger partial charge in [0.25, 0.3) is 5.89 Å². The first-order valence-corrected chi connectivity index (χ1v) is 4.31. The first-order chi connectivity index (χ1) is 6.81. The van der Waals surface area contributed by atoms with E-state index >= 15 is 0 Å².